The number of hydrogen-bond donors (Lipinski definition) is 0. The monoisotopic (exact) mass is 374 g/mol. The van der Waals surface area contributed by atoms with Crippen molar-refractivity contribution in [1.82, 2.24) is 5.01 Å². The molecule has 2 fully saturated rings. The van der Waals surface area contributed by atoms with E-state index in [0.29, 0.717) is 12.4 Å². The summed E-state index contributed by atoms with van der Waals surface area (Å²) in [4.78, 5) is 25.7. The van der Waals surface area contributed by atoms with E-state index < -0.39 is 0 Å². The van der Waals surface area contributed by atoms with Crippen LogP contribution < -0.4 is 4.74 Å². The molecule has 1 aliphatic heterocycles. The molecule has 28 heavy (non-hydrogen) atoms. The molecule has 2 amide bonds. The first-order valence-electron chi connectivity index (χ1n) is 9.93. The lowest BCUT2D eigenvalue weighted by Crippen LogP contribution is -2.28. The van der Waals surface area contributed by atoms with E-state index in [2.05, 4.69) is 24.2 Å². The fourth-order valence-corrected chi connectivity index (χ4v) is 4.86. The van der Waals surface area contributed by atoms with E-state index in [9.17, 15) is 9.59 Å². The van der Waals surface area contributed by atoms with Gasteiger partial charge in [0.25, 0.3) is 11.8 Å². The minimum absolute atomic E-state index is 0.167. The maximum absolute atomic E-state index is 12.9. The molecule has 1 heterocycles. The number of benzene rings is 2. The van der Waals surface area contributed by atoms with Gasteiger partial charge in [-0.15, -0.1) is 0 Å². The second-order valence-corrected chi connectivity index (χ2v) is 7.78. The Hall–Kier alpha value is -2.95. The topological polar surface area (TPSA) is 59.0 Å². The Kier molecular flexibility index (Phi) is 4.04. The number of allylic oxidation sites excluding steroid dienone is 2. The highest BCUT2D eigenvalue weighted by atomic mass is 16.5. The predicted molar refractivity (Wildman–Crippen MR) is 107 cm³/mol. The minimum Gasteiger partial charge on any atom is -0.493 e. The van der Waals surface area contributed by atoms with Crippen LogP contribution in [0.5, 0.6) is 5.75 Å². The van der Waals surface area contributed by atoms with Crippen molar-refractivity contribution in [2.24, 2.45) is 28.8 Å². The molecular formula is C23H22N2O3. The zero-order chi connectivity index (χ0) is 19.3. The van der Waals surface area contributed by atoms with E-state index in [1.807, 2.05) is 36.4 Å². The lowest BCUT2D eigenvalue weighted by molar-refractivity contribution is -0.140. The molecule has 0 radical (unpaired) electrons. The zero-order valence-electron chi connectivity index (χ0n) is 15.7. The number of hydrogen-bond acceptors (Lipinski definition) is 4. The van der Waals surface area contributed by atoms with Gasteiger partial charge in [-0.2, -0.15) is 10.1 Å². The number of fused-ring (bicyclic) bond motifs is 6. The molecular weight excluding hydrogens is 352 g/mol. The van der Waals surface area contributed by atoms with Crippen LogP contribution in [0.2, 0.25) is 0 Å². The Bertz CT molecular complexity index is 996. The van der Waals surface area contributed by atoms with Gasteiger partial charge < -0.3 is 4.74 Å². The normalized spacial score (nSPS) is 28.1. The standard InChI is InChI=1S/C23H22N2O3/c1-2-11-28-19-10-9-14-5-3-4-6-17(14)18(19)13-24-25-22(26)20-15-7-8-16(12-15)21(20)23(25)27/h3-10,13,15-16,20-21H,2,11-12H2,1H3/b24-13-/t15-,16+,20-,21-/m0/s1. The van der Waals surface area contributed by atoms with Gasteiger partial charge in [0.15, 0.2) is 0 Å². The Labute approximate surface area is 163 Å². The van der Waals surface area contributed by atoms with Crippen LogP contribution in [0.25, 0.3) is 10.8 Å². The largest absolute Gasteiger partial charge is 0.493 e. The number of ether oxygens (including phenoxy) is 1. The van der Waals surface area contributed by atoms with E-state index in [1.165, 1.54) is 0 Å². The van der Waals surface area contributed by atoms with Crippen molar-refractivity contribution in [1.29, 1.82) is 0 Å². The highest BCUT2D eigenvalue weighted by molar-refractivity contribution is 6.08. The summed E-state index contributed by atoms with van der Waals surface area (Å²) in [5, 5.41) is 7.49. The van der Waals surface area contributed by atoms with Gasteiger partial charge in [0.1, 0.15) is 5.75 Å². The van der Waals surface area contributed by atoms with E-state index >= 15 is 0 Å². The first kappa shape index (κ1) is 17.2. The number of amides is 2. The summed E-state index contributed by atoms with van der Waals surface area (Å²) in [5.74, 6) is 0.287. The molecule has 0 unspecified atom stereocenters. The first-order chi connectivity index (χ1) is 13.7. The Morgan fingerprint density at radius 3 is 2.50 bits per heavy atom. The third-order valence-electron chi connectivity index (χ3n) is 6.14. The van der Waals surface area contributed by atoms with Crippen molar-refractivity contribution in [3.8, 4) is 5.75 Å². The Morgan fingerprint density at radius 1 is 1.07 bits per heavy atom. The molecule has 2 aliphatic carbocycles. The van der Waals surface area contributed by atoms with Gasteiger partial charge in [-0.1, -0.05) is 49.4 Å². The fraction of sp³-hybridized carbons (Fsp3) is 0.348. The fourth-order valence-electron chi connectivity index (χ4n) is 4.86. The summed E-state index contributed by atoms with van der Waals surface area (Å²) in [6, 6.07) is 11.9. The summed E-state index contributed by atoms with van der Waals surface area (Å²) < 4.78 is 5.89. The summed E-state index contributed by atoms with van der Waals surface area (Å²) in [7, 11) is 0. The van der Waals surface area contributed by atoms with Crippen LogP contribution in [0.3, 0.4) is 0 Å². The van der Waals surface area contributed by atoms with E-state index in [-0.39, 0.29) is 35.5 Å². The highest BCUT2D eigenvalue weighted by Crippen LogP contribution is 2.52. The maximum atomic E-state index is 12.9. The predicted octanol–water partition coefficient (Wildman–Crippen LogP) is 3.77. The average molecular weight is 374 g/mol. The first-order valence-corrected chi connectivity index (χ1v) is 9.93. The second-order valence-electron chi connectivity index (χ2n) is 7.78. The molecule has 142 valence electrons. The minimum atomic E-state index is -0.233. The third-order valence-corrected chi connectivity index (χ3v) is 6.14. The van der Waals surface area contributed by atoms with Crippen LogP contribution >= 0.6 is 0 Å². The summed E-state index contributed by atoms with van der Waals surface area (Å²) >= 11 is 0. The van der Waals surface area contributed by atoms with Crippen LogP contribution in [0, 0.1) is 23.7 Å². The van der Waals surface area contributed by atoms with E-state index in [0.717, 1.165) is 34.2 Å². The Morgan fingerprint density at radius 2 is 1.79 bits per heavy atom. The zero-order valence-corrected chi connectivity index (χ0v) is 15.7. The molecule has 3 aliphatic rings. The molecule has 1 saturated carbocycles. The lowest BCUT2D eigenvalue weighted by Gasteiger charge is -2.13. The smallest absolute Gasteiger partial charge is 0.254 e. The summed E-state index contributed by atoms with van der Waals surface area (Å²) in [5.41, 5.74) is 0.797. The van der Waals surface area contributed by atoms with Crippen molar-refractivity contribution in [3.63, 3.8) is 0 Å². The van der Waals surface area contributed by atoms with Crippen molar-refractivity contribution in [2.45, 2.75) is 19.8 Å². The number of carbonyl (C=O) groups is 2. The van der Waals surface area contributed by atoms with E-state index in [1.54, 1.807) is 6.21 Å². The van der Waals surface area contributed by atoms with Gasteiger partial charge in [-0.25, -0.2) is 0 Å². The quantitative estimate of drug-likeness (QED) is 0.455. The van der Waals surface area contributed by atoms with Crippen molar-refractivity contribution < 1.29 is 14.3 Å². The van der Waals surface area contributed by atoms with Crippen molar-refractivity contribution >= 4 is 28.8 Å². The van der Waals surface area contributed by atoms with Gasteiger partial charge in [0.2, 0.25) is 0 Å². The molecule has 5 heteroatoms. The third kappa shape index (κ3) is 2.49. The van der Waals surface area contributed by atoms with Crippen LogP contribution in [-0.4, -0.2) is 29.6 Å². The van der Waals surface area contributed by atoms with Crippen LogP contribution in [0.1, 0.15) is 25.3 Å². The number of carbonyl (C=O) groups excluding carboxylic acids is 2. The molecule has 2 aromatic rings. The Balaban J connectivity index is 1.50. The molecule has 0 N–H and O–H groups in total. The van der Waals surface area contributed by atoms with Crippen molar-refractivity contribution in [3.05, 3.63) is 54.1 Å². The molecule has 2 bridgehead atoms. The average Bonchev–Trinajstić information content (AvgIpc) is 3.39. The van der Waals surface area contributed by atoms with Gasteiger partial charge in [-0.3, -0.25) is 9.59 Å². The molecule has 4 atom stereocenters. The lowest BCUT2D eigenvalue weighted by atomic mass is 9.85. The maximum Gasteiger partial charge on any atom is 0.254 e. The van der Waals surface area contributed by atoms with Crippen LogP contribution in [-0.2, 0) is 9.59 Å². The molecule has 2 aromatic carbocycles. The second kappa shape index (κ2) is 6.59. The molecule has 0 spiro atoms. The van der Waals surface area contributed by atoms with Crippen LogP contribution in [0.4, 0.5) is 0 Å². The molecule has 5 rings (SSSR count). The van der Waals surface area contributed by atoms with Crippen LogP contribution in [0.15, 0.2) is 53.7 Å². The number of rotatable bonds is 5. The number of hydrazone groups is 1. The molecule has 1 saturated heterocycles. The molecule has 5 nitrogen and oxygen atoms in total. The van der Waals surface area contributed by atoms with Gasteiger partial charge in [-0.05, 0) is 41.5 Å². The molecule has 0 aromatic heterocycles. The number of nitrogens with zero attached hydrogens (tertiary/aromatic N) is 2. The SMILES string of the molecule is CCCOc1ccc2ccccc2c1/C=N\N1C(=O)[C@@H]2[C@@H](C1=O)[C@H]1C=C[C@@H]2C1. The van der Waals surface area contributed by atoms with Gasteiger partial charge in [0.05, 0.1) is 24.7 Å². The van der Waals surface area contributed by atoms with Gasteiger partial charge >= 0.3 is 0 Å². The van der Waals surface area contributed by atoms with E-state index in [4.69, 9.17) is 4.74 Å². The highest BCUT2D eigenvalue weighted by Gasteiger charge is 2.59. The summed E-state index contributed by atoms with van der Waals surface area (Å²) in [6.45, 7) is 2.65. The van der Waals surface area contributed by atoms with Gasteiger partial charge in [0, 0.05) is 5.56 Å². The summed E-state index contributed by atoms with van der Waals surface area (Å²) in [6.07, 6.45) is 7.60. The number of imide groups is 1. The van der Waals surface area contributed by atoms with Crippen molar-refractivity contribution in [2.75, 3.05) is 6.61 Å².